The van der Waals surface area contributed by atoms with Crippen LogP contribution in [-0.4, -0.2) is 30.7 Å². The van der Waals surface area contributed by atoms with E-state index in [0.29, 0.717) is 6.10 Å². The maximum Gasteiger partial charge on any atom is 0.0576 e. The van der Waals surface area contributed by atoms with Crippen molar-refractivity contribution in [3.63, 3.8) is 0 Å². The first-order valence-electron chi connectivity index (χ1n) is 7.52. The third-order valence-corrected chi connectivity index (χ3v) is 4.35. The summed E-state index contributed by atoms with van der Waals surface area (Å²) in [6, 6.07) is 6.35. The lowest BCUT2D eigenvalue weighted by Crippen LogP contribution is -2.31. The molecule has 0 amide bonds. The highest BCUT2D eigenvalue weighted by atomic mass is 16.5. The first kappa shape index (κ1) is 12.9. The van der Waals surface area contributed by atoms with E-state index in [0.717, 1.165) is 25.3 Å². The quantitative estimate of drug-likeness (QED) is 0.846. The van der Waals surface area contributed by atoms with E-state index < -0.39 is 0 Å². The Hall–Kier alpha value is -1.06. The fraction of sp³-hybridized carbons (Fsp3) is 0.625. The van der Waals surface area contributed by atoms with Crippen LogP contribution in [0.15, 0.2) is 18.2 Å². The van der Waals surface area contributed by atoms with Crippen LogP contribution in [0.4, 0.5) is 5.69 Å². The number of nitrogen functional groups attached to an aromatic ring is 1. The molecule has 1 fully saturated rings. The van der Waals surface area contributed by atoms with Crippen LogP contribution in [-0.2, 0) is 17.7 Å². The maximum atomic E-state index is 5.88. The molecule has 104 valence electrons. The minimum atomic E-state index is 0.535. The number of anilines is 1. The lowest BCUT2D eigenvalue weighted by atomic mass is 9.99. The molecule has 0 aromatic heterocycles. The van der Waals surface area contributed by atoms with Crippen LogP contribution in [0, 0.1) is 0 Å². The van der Waals surface area contributed by atoms with Crippen molar-refractivity contribution in [3.05, 3.63) is 29.3 Å². The third-order valence-electron chi connectivity index (χ3n) is 4.35. The molecule has 1 saturated heterocycles. The van der Waals surface area contributed by atoms with E-state index in [-0.39, 0.29) is 0 Å². The molecule has 0 saturated carbocycles. The van der Waals surface area contributed by atoms with Crippen molar-refractivity contribution >= 4 is 5.69 Å². The van der Waals surface area contributed by atoms with Gasteiger partial charge in [0.25, 0.3) is 0 Å². The van der Waals surface area contributed by atoms with Gasteiger partial charge in [-0.15, -0.1) is 0 Å². The lowest BCUT2D eigenvalue weighted by molar-refractivity contribution is 0.0980. The van der Waals surface area contributed by atoms with Crippen LogP contribution in [0.1, 0.15) is 36.8 Å². The van der Waals surface area contributed by atoms with Crippen LogP contribution >= 0.6 is 0 Å². The van der Waals surface area contributed by atoms with E-state index in [2.05, 4.69) is 17.0 Å². The lowest BCUT2D eigenvalue weighted by Gasteiger charge is -2.29. The van der Waals surface area contributed by atoms with Gasteiger partial charge in [0, 0.05) is 25.4 Å². The predicted molar refractivity (Wildman–Crippen MR) is 78.0 cm³/mol. The zero-order valence-electron chi connectivity index (χ0n) is 11.6. The number of rotatable bonds is 4. The molecule has 2 aliphatic heterocycles. The number of hydrogen-bond donors (Lipinski definition) is 1. The van der Waals surface area contributed by atoms with Gasteiger partial charge in [0.2, 0.25) is 0 Å². The first-order chi connectivity index (χ1) is 9.31. The van der Waals surface area contributed by atoms with Crippen molar-refractivity contribution in [3.8, 4) is 0 Å². The standard InChI is InChI=1S/C16H24N2O/c17-15-6-5-13-7-9-18(12-14(13)11-15)8-1-3-16-4-2-10-19-16/h5-6,11,16H,1-4,7-10,12,17H2. The molecule has 3 rings (SSSR count). The van der Waals surface area contributed by atoms with Gasteiger partial charge in [-0.25, -0.2) is 0 Å². The molecule has 0 spiro atoms. The maximum absolute atomic E-state index is 5.88. The Morgan fingerprint density at radius 2 is 2.26 bits per heavy atom. The smallest absolute Gasteiger partial charge is 0.0576 e. The molecule has 2 aliphatic rings. The molecule has 0 bridgehead atoms. The summed E-state index contributed by atoms with van der Waals surface area (Å²) in [7, 11) is 0. The summed E-state index contributed by atoms with van der Waals surface area (Å²) in [4.78, 5) is 2.55. The second-order valence-electron chi connectivity index (χ2n) is 5.83. The zero-order chi connectivity index (χ0) is 13.1. The fourth-order valence-electron chi connectivity index (χ4n) is 3.24. The zero-order valence-corrected chi connectivity index (χ0v) is 11.6. The third kappa shape index (κ3) is 3.28. The topological polar surface area (TPSA) is 38.5 Å². The van der Waals surface area contributed by atoms with Crippen LogP contribution < -0.4 is 5.73 Å². The van der Waals surface area contributed by atoms with Crippen LogP contribution in [0.5, 0.6) is 0 Å². The van der Waals surface area contributed by atoms with E-state index in [9.17, 15) is 0 Å². The van der Waals surface area contributed by atoms with Gasteiger partial charge in [-0.1, -0.05) is 6.07 Å². The Balaban J connectivity index is 1.48. The largest absolute Gasteiger partial charge is 0.399 e. The van der Waals surface area contributed by atoms with E-state index in [1.807, 2.05) is 6.07 Å². The van der Waals surface area contributed by atoms with Crippen molar-refractivity contribution in [2.45, 2.75) is 44.8 Å². The number of nitrogens with zero attached hydrogens (tertiary/aromatic N) is 1. The predicted octanol–water partition coefficient (Wildman–Crippen LogP) is 2.59. The number of nitrogens with two attached hydrogens (primary N) is 1. The van der Waals surface area contributed by atoms with Crippen LogP contribution in [0.2, 0.25) is 0 Å². The highest BCUT2D eigenvalue weighted by Crippen LogP contribution is 2.22. The Bertz CT molecular complexity index is 427. The summed E-state index contributed by atoms with van der Waals surface area (Å²) in [5, 5.41) is 0. The van der Waals surface area contributed by atoms with Crippen molar-refractivity contribution in [1.29, 1.82) is 0 Å². The Morgan fingerprint density at radius 3 is 3.11 bits per heavy atom. The van der Waals surface area contributed by atoms with Gasteiger partial charge in [-0.2, -0.15) is 0 Å². The Morgan fingerprint density at radius 1 is 1.32 bits per heavy atom. The van der Waals surface area contributed by atoms with Gasteiger partial charge in [0.15, 0.2) is 0 Å². The summed E-state index contributed by atoms with van der Waals surface area (Å²) in [6.07, 6.45) is 6.69. The second-order valence-corrected chi connectivity index (χ2v) is 5.83. The van der Waals surface area contributed by atoms with E-state index in [4.69, 9.17) is 10.5 Å². The van der Waals surface area contributed by atoms with Gasteiger partial charge >= 0.3 is 0 Å². The van der Waals surface area contributed by atoms with Gasteiger partial charge in [-0.3, -0.25) is 4.90 Å². The molecule has 2 heterocycles. The molecule has 3 nitrogen and oxygen atoms in total. The molecule has 1 atom stereocenters. The number of fused-ring (bicyclic) bond motifs is 1. The monoisotopic (exact) mass is 260 g/mol. The number of ether oxygens (including phenoxy) is 1. The summed E-state index contributed by atoms with van der Waals surface area (Å²) < 4.78 is 5.68. The van der Waals surface area contributed by atoms with Gasteiger partial charge in [0.05, 0.1) is 6.10 Å². The van der Waals surface area contributed by atoms with Crippen LogP contribution in [0.25, 0.3) is 0 Å². The average Bonchev–Trinajstić information content (AvgIpc) is 2.91. The number of benzene rings is 1. The van der Waals surface area contributed by atoms with Crippen LogP contribution in [0.3, 0.4) is 0 Å². The van der Waals surface area contributed by atoms with E-state index >= 15 is 0 Å². The van der Waals surface area contributed by atoms with Gasteiger partial charge in [0.1, 0.15) is 0 Å². The first-order valence-corrected chi connectivity index (χ1v) is 7.52. The van der Waals surface area contributed by atoms with Gasteiger partial charge in [-0.05, 0) is 61.9 Å². The SMILES string of the molecule is Nc1ccc2c(c1)CN(CCCC1CCCO1)CC2. The molecule has 19 heavy (non-hydrogen) atoms. The highest BCUT2D eigenvalue weighted by Gasteiger charge is 2.18. The van der Waals surface area contributed by atoms with Crippen molar-refractivity contribution < 1.29 is 4.74 Å². The molecule has 0 radical (unpaired) electrons. The summed E-state index contributed by atoms with van der Waals surface area (Å²) in [5.74, 6) is 0. The average molecular weight is 260 g/mol. The van der Waals surface area contributed by atoms with E-state index in [1.54, 1.807) is 0 Å². The van der Waals surface area contributed by atoms with Gasteiger partial charge < -0.3 is 10.5 Å². The molecular formula is C16H24N2O. The summed E-state index contributed by atoms with van der Waals surface area (Å²) >= 11 is 0. The minimum absolute atomic E-state index is 0.535. The molecule has 3 heteroatoms. The summed E-state index contributed by atoms with van der Waals surface area (Å²) in [5.41, 5.74) is 9.66. The van der Waals surface area contributed by atoms with Crippen molar-refractivity contribution in [2.75, 3.05) is 25.4 Å². The molecule has 1 aromatic carbocycles. The molecule has 1 aromatic rings. The van der Waals surface area contributed by atoms with Crippen molar-refractivity contribution in [2.24, 2.45) is 0 Å². The van der Waals surface area contributed by atoms with Crippen molar-refractivity contribution in [1.82, 2.24) is 4.90 Å². The molecule has 2 N–H and O–H groups in total. The Labute approximate surface area is 115 Å². The normalized spacial score (nSPS) is 23.5. The molecule has 1 unspecified atom stereocenters. The summed E-state index contributed by atoms with van der Waals surface area (Å²) in [6.45, 7) is 4.41. The molecule has 0 aliphatic carbocycles. The number of hydrogen-bond acceptors (Lipinski definition) is 3. The van der Waals surface area contributed by atoms with E-state index in [1.165, 1.54) is 49.9 Å². The highest BCUT2D eigenvalue weighted by molar-refractivity contribution is 5.45. The molecular weight excluding hydrogens is 236 g/mol. The fourth-order valence-corrected chi connectivity index (χ4v) is 3.24. The minimum Gasteiger partial charge on any atom is -0.399 e. The Kier molecular flexibility index (Phi) is 4.04. The second kappa shape index (κ2) is 5.93.